The molecular formula is C23H33IN4O2. The maximum absolute atomic E-state index is 11.9. The van der Waals surface area contributed by atoms with E-state index in [1.54, 1.807) is 7.05 Å². The van der Waals surface area contributed by atoms with E-state index in [0.29, 0.717) is 25.7 Å². The Balaban J connectivity index is 0.00000450. The molecule has 2 aromatic carbocycles. The van der Waals surface area contributed by atoms with Gasteiger partial charge in [-0.25, -0.2) is 0 Å². The van der Waals surface area contributed by atoms with Gasteiger partial charge in [-0.2, -0.15) is 0 Å². The van der Waals surface area contributed by atoms with Crippen LogP contribution in [0.15, 0.2) is 59.6 Å². The predicted molar refractivity (Wildman–Crippen MR) is 133 cm³/mol. The minimum atomic E-state index is -0.251. The smallest absolute Gasteiger partial charge is 0.239 e. The van der Waals surface area contributed by atoms with Crippen molar-refractivity contribution >= 4 is 35.8 Å². The van der Waals surface area contributed by atoms with Crippen LogP contribution in [0.4, 0.5) is 0 Å². The predicted octanol–water partition coefficient (Wildman–Crippen LogP) is 3.60. The first-order valence-electron chi connectivity index (χ1n) is 9.81. The van der Waals surface area contributed by atoms with Crippen LogP contribution in [0.5, 0.6) is 0 Å². The zero-order valence-corrected chi connectivity index (χ0v) is 20.5. The molecule has 0 saturated carbocycles. The van der Waals surface area contributed by atoms with Crippen molar-refractivity contribution in [3.8, 4) is 0 Å². The average molecular weight is 524 g/mol. The van der Waals surface area contributed by atoms with E-state index >= 15 is 0 Å². The number of guanidine groups is 1. The molecule has 0 aliphatic rings. The summed E-state index contributed by atoms with van der Waals surface area (Å²) in [6.07, 6.45) is 0. The summed E-state index contributed by atoms with van der Waals surface area (Å²) in [5.41, 5.74) is 3.15. The summed E-state index contributed by atoms with van der Waals surface area (Å²) in [5, 5.41) is 9.18. The van der Waals surface area contributed by atoms with Gasteiger partial charge in [-0.05, 0) is 37.5 Å². The molecule has 2 aromatic rings. The lowest BCUT2D eigenvalue weighted by Crippen LogP contribution is -2.48. The fourth-order valence-corrected chi connectivity index (χ4v) is 2.72. The number of amides is 1. The van der Waals surface area contributed by atoms with E-state index in [2.05, 4.69) is 45.2 Å². The Bertz CT molecular complexity index is 804. The fraction of sp³-hybridized carbons (Fsp3) is 0.391. The molecule has 0 aliphatic carbocycles. The van der Waals surface area contributed by atoms with Crippen molar-refractivity contribution in [1.82, 2.24) is 16.0 Å². The van der Waals surface area contributed by atoms with Crippen LogP contribution in [-0.4, -0.2) is 31.0 Å². The van der Waals surface area contributed by atoms with Crippen LogP contribution < -0.4 is 16.0 Å². The lowest BCUT2D eigenvalue weighted by molar-refractivity contribution is -0.121. The first-order chi connectivity index (χ1) is 13.9. The van der Waals surface area contributed by atoms with E-state index in [1.165, 1.54) is 0 Å². The molecule has 0 spiro atoms. The average Bonchev–Trinajstić information content (AvgIpc) is 2.68. The highest BCUT2D eigenvalue weighted by Crippen LogP contribution is 2.09. The van der Waals surface area contributed by atoms with Gasteiger partial charge in [0.25, 0.3) is 0 Å². The van der Waals surface area contributed by atoms with Crippen LogP contribution in [0.2, 0.25) is 0 Å². The Morgan fingerprint density at radius 3 is 2.23 bits per heavy atom. The van der Waals surface area contributed by atoms with Crippen molar-refractivity contribution in [3.05, 3.63) is 71.3 Å². The maximum Gasteiger partial charge on any atom is 0.239 e. The summed E-state index contributed by atoms with van der Waals surface area (Å²) in [6, 6.07) is 18.4. The van der Waals surface area contributed by atoms with Crippen molar-refractivity contribution in [1.29, 1.82) is 0 Å². The van der Waals surface area contributed by atoms with Crippen molar-refractivity contribution < 1.29 is 9.53 Å². The lowest BCUT2D eigenvalue weighted by Gasteiger charge is -2.21. The monoisotopic (exact) mass is 524 g/mol. The van der Waals surface area contributed by atoms with Crippen LogP contribution in [0.3, 0.4) is 0 Å². The number of rotatable bonds is 8. The number of hydrogen-bond donors (Lipinski definition) is 3. The standard InChI is InChI=1S/C23H32N4O2.HI/c1-23(2,3)27-21(28)15-26-22(24-4)25-14-19-11-8-12-20(13-19)17-29-16-18-9-6-5-7-10-18;/h5-13H,14-17H2,1-4H3,(H,27,28)(H2,24,25,26);1H. The molecule has 0 heterocycles. The van der Waals surface area contributed by atoms with Crippen molar-refractivity contribution in [3.63, 3.8) is 0 Å². The van der Waals surface area contributed by atoms with E-state index in [9.17, 15) is 4.79 Å². The van der Waals surface area contributed by atoms with Gasteiger partial charge in [-0.15, -0.1) is 24.0 Å². The topological polar surface area (TPSA) is 74.8 Å². The number of ether oxygens (including phenoxy) is 1. The number of benzene rings is 2. The van der Waals surface area contributed by atoms with E-state index < -0.39 is 0 Å². The Kier molecular flexibility index (Phi) is 11.4. The largest absolute Gasteiger partial charge is 0.372 e. The summed E-state index contributed by atoms with van der Waals surface area (Å²) in [4.78, 5) is 16.1. The number of aliphatic imine (C=N–C) groups is 1. The number of nitrogens with one attached hydrogen (secondary N) is 3. The third-order valence-electron chi connectivity index (χ3n) is 3.99. The van der Waals surface area contributed by atoms with Gasteiger partial charge in [0.1, 0.15) is 0 Å². The summed E-state index contributed by atoms with van der Waals surface area (Å²) in [6.45, 7) is 7.79. The second-order valence-electron chi connectivity index (χ2n) is 7.88. The molecule has 0 fully saturated rings. The van der Waals surface area contributed by atoms with Crippen LogP contribution >= 0.6 is 24.0 Å². The molecule has 2 rings (SSSR count). The van der Waals surface area contributed by atoms with Gasteiger partial charge in [0.05, 0.1) is 19.8 Å². The zero-order valence-electron chi connectivity index (χ0n) is 18.2. The fourth-order valence-electron chi connectivity index (χ4n) is 2.72. The summed E-state index contributed by atoms with van der Waals surface area (Å²) in [7, 11) is 1.69. The highest BCUT2D eigenvalue weighted by Gasteiger charge is 2.13. The lowest BCUT2D eigenvalue weighted by atomic mass is 10.1. The molecule has 0 unspecified atom stereocenters. The normalized spacial score (nSPS) is 11.4. The second-order valence-corrected chi connectivity index (χ2v) is 7.88. The maximum atomic E-state index is 11.9. The van der Waals surface area contributed by atoms with Crippen molar-refractivity contribution in [2.45, 2.75) is 46.1 Å². The third kappa shape index (κ3) is 10.6. The minimum absolute atomic E-state index is 0. The number of hydrogen-bond acceptors (Lipinski definition) is 3. The van der Waals surface area contributed by atoms with Crippen LogP contribution in [-0.2, 0) is 29.3 Å². The highest BCUT2D eigenvalue weighted by atomic mass is 127. The quantitative estimate of drug-likeness (QED) is 0.280. The summed E-state index contributed by atoms with van der Waals surface area (Å²) >= 11 is 0. The first kappa shape index (κ1) is 25.9. The van der Waals surface area contributed by atoms with Gasteiger partial charge in [0, 0.05) is 19.1 Å². The summed E-state index contributed by atoms with van der Waals surface area (Å²) in [5.74, 6) is 0.512. The molecule has 0 radical (unpaired) electrons. The van der Waals surface area contributed by atoms with Crippen LogP contribution in [0, 0.1) is 0 Å². The van der Waals surface area contributed by atoms with Crippen LogP contribution in [0.25, 0.3) is 0 Å². The van der Waals surface area contributed by atoms with E-state index in [-0.39, 0.29) is 42.0 Å². The van der Waals surface area contributed by atoms with E-state index in [0.717, 1.165) is 16.7 Å². The molecule has 0 aromatic heterocycles. The molecule has 0 bridgehead atoms. The molecule has 0 saturated heterocycles. The van der Waals surface area contributed by atoms with Gasteiger partial charge >= 0.3 is 0 Å². The molecule has 30 heavy (non-hydrogen) atoms. The number of nitrogens with zero attached hydrogens (tertiary/aromatic N) is 1. The Labute approximate surface area is 196 Å². The Hall–Kier alpha value is -2.13. The molecule has 164 valence electrons. The van der Waals surface area contributed by atoms with Gasteiger partial charge in [0.2, 0.25) is 5.91 Å². The zero-order chi connectivity index (χ0) is 21.1. The van der Waals surface area contributed by atoms with Crippen molar-refractivity contribution in [2.24, 2.45) is 4.99 Å². The Morgan fingerprint density at radius 2 is 1.57 bits per heavy atom. The molecule has 6 nitrogen and oxygen atoms in total. The number of carbonyl (C=O) groups excluding carboxylic acids is 1. The molecule has 0 atom stereocenters. The third-order valence-corrected chi connectivity index (χ3v) is 3.99. The summed E-state index contributed by atoms with van der Waals surface area (Å²) < 4.78 is 5.81. The first-order valence-corrected chi connectivity index (χ1v) is 9.81. The Morgan fingerprint density at radius 1 is 0.933 bits per heavy atom. The van der Waals surface area contributed by atoms with Gasteiger partial charge in [-0.1, -0.05) is 54.6 Å². The molecule has 3 N–H and O–H groups in total. The van der Waals surface area contributed by atoms with Gasteiger partial charge in [-0.3, -0.25) is 9.79 Å². The molecule has 7 heteroatoms. The second kappa shape index (κ2) is 13.2. The van der Waals surface area contributed by atoms with Crippen molar-refractivity contribution in [2.75, 3.05) is 13.6 Å². The molecule has 0 aliphatic heterocycles. The van der Waals surface area contributed by atoms with Gasteiger partial charge in [0.15, 0.2) is 5.96 Å². The van der Waals surface area contributed by atoms with Gasteiger partial charge < -0.3 is 20.7 Å². The SMILES string of the molecule is CN=C(NCC(=O)NC(C)(C)C)NCc1cccc(COCc2ccccc2)c1.I. The number of carbonyl (C=O) groups is 1. The van der Waals surface area contributed by atoms with E-state index in [4.69, 9.17) is 4.74 Å². The number of halogens is 1. The molecular weight excluding hydrogens is 491 g/mol. The van der Waals surface area contributed by atoms with Crippen LogP contribution in [0.1, 0.15) is 37.5 Å². The molecule has 1 amide bonds. The highest BCUT2D eigenvalue weighted by molar-refractivity contribution is 14.0. The minimum Gasteiger partial charge on any atom is -0.372 e. The van der Waals surface area contributed by atoms with E-state index in [1.807, 2.05) is 51.1 Å².